The molecule has 1 heteroatoms. The first kappa shape index (κ1) is 18.3. The first-order valence-corrected chi connectivity index (χ1v) is 9.62. The van der Waals surface area contributed by atoms with Crippen molar-refractivity contribution in [3.8, 4) is 0 Å². The molecule has 0 aliphatic carbocycles. The van der Waals surface area contributed by atoms with E-state index in [4.69, 9.17) is 0 Å². The molecule has 0 unspecified atom stereocenters. The molecule has 0 fully saturated rings. The number of nitrogens with zero attached hydrogens (tertiary/aromatic N) is 1. The number of para-hydroxylation sites is 2. The van der Waals surface area contributed by atoms with Crippen molar-refractivity contribution in [3.63, 3.8) is 0 Å². The SMILES string of the molecule is CCCCC(C)(C)c1cccc(N(c2ccccc2)c2ccccc2)c1. The van der Waals surface area contributed by atoms with Crippen LogP contribution < -0.4 is 4.90 Å². The molecule has 0 radical (unpaired) electrons. The molecule has 0 amide bonds. The Labute approximate surface area is 158 Å². The minimum Gasteiger partial charge on any atom is -0.310 e. The average molecular weight is 344 g/mol. The van der Waals surface area contributed by atoms with Gasteiger partial charge in [-0.25, -0.2) is 0 Å². The summed E-state index contributed by atoms with van der Waals surface area (Å²) in [5.74, 6) is 0. The molecule has 0 aromatic heterocycles. The molecule has 3 aromatic carbocycles. The standard InChI is InChI=1S/C25H29N/c1-4-5-19-25(2,3)21-13-12-18-24(20-21)26(22-14-8-6-9-15-22)23-16-10-7-11-17-23/h6-18,20H,4-5,19H2,1-3H3. The van der Waals surface area contributed by atoms with Crippen LogP contribution in [0.1, 0.15) is 45.6 Å². The highest BCUT2D eigenvalue weighted by Crippen LogP contribution is 2.37. The molecule has 26 heavy (non-hydrogen) atoms. The predicted octanol–water partition coefficient (Wildman–Crippen LogP) is 7.62. The molecule has 0 aliphatic heterocycles. The third-order valence-electron chi connectivity index (χ3n) is 5.07. The van der Waals surface area contributed by atoms with Crippen LogP contribution in [0.2, 0.25) is 0 Å². The van der Waals surface area contributed by atoms with Gasteiger partial charge in [0, 0.05) is 17.1 Å². The van der Waals surface area contributed by atoms with Crippen molar-refractivity contribution in [3.05, 3.63) is 90.5 Å². The molecule has 0 saturated carbocycles. The molecule has 0 spiro atoms. The number of unbranched alkanes of at least 4 members (excludes halogenated alkanes) is 1. The van der Waals surface area contributed by atoms with Crippen LogP contribution in [-0.4, -0.2) is 0 Å². The normalized spacial score (nSPS) is 11.3. The van der Waals surface area contributed by atoms with E-state index in [1.54, 1.807) is 0 Å². The zero-order valence-corrected chi connectivity index (χ0v) is 16.2. The third-order valence-corrected chi connectivity index (χ3v) is 5.07. The summed E-state index contributed by atoms with van der Waals surface area (Å²) in [7, 11) is 0. The lowest BCUT2D eigenvalue weighted by Crippen LogP contribution is -2.18. The van der Waals surface area contributed by atoms with Gasteiger partial charge in [0.05, 0.1) is 0 Å². The summed E-state index contributed by atoms with van der Waals surface area (Å²) < 4.78 is 0. The summed E-state index contributed by atoms with van der Waals surface area (Å²) in [4.78, 5) is 2.33. The van der Waals surface area contributed by atoms with Gasteiger partial charge in [-0.1, -0.05) is 82.1 Å². The number of rotatable bonds is 7. The summed E-state index contributed by atoms with van der Waals surface area (Å²) in [5.41, 5.74) is 5.17. The fraction of sp³-hybridized carbons (Fsp3) is 0.280. The highest BCUT2D eigenvalue weighted by molar-refractivity contribution is 5.76. The van der Waals surface area contributed by atoms with Crippen LogP contribution in [0, 0.1) is 0 Å². The summed E-state index contributed by atoms with van der Waals surface area (Å²) in [6.45, 7) is 6.98. The van der Waals surface area contributed by atoms with Crippen molar-refractivity contribution in [2.75, 3.05) is 4.90 Å². The highest BCUT2D eigenvalue weighted by atomic mass is 15.1. The van der Waals surface area contributed by atoms with Crippen molar-refractivity contribution in [2.45, 2.75) is 45.4 Å². The minimum absolute atomic E-state index is 0.186. The molecule has 0 bridgehead atoms. The van der Waals surface area contributed by atoms with Crippen LogP contribution in [0.5, 0.6) is 0 Å². The molecule has 3 aromatic rings. The zero-order valence-electron chi connectivity index (χ0n) is 16.2. The molecule has 0 N–H and O–H groups in total. The van der Waals surface area contributed by atoms with E-state index < -0.39 is 0 Å². The van der Waals surface area contributed by atoms with Gasteiger partial charge in [-0.05, 0) is 53.8 Å². The Bertz CT molecular complexity index is 766. The van der Waals surface area contributed by atoms with Crippen LogP contribution in [0.15, 0.2) is 84.9 Å². The van der Waals surface area contributed by atoms with Gasteiger partial charge in [-0.3, -0.25) is 0 Å². The second-order valence-corrected chi connectivity index (χ2v) is 7.54. The van der Waals surface area contributed by atoms with Crippen LogP contribution in [0.3, 0.4) is 0 Å². The molecule has 0 saturated heterocycles. The van der Waals surface area contributed by atoms with Crippen molar-refractivity contribution in [2.24, 2.45) is 0 Å². The fourth-order valence-electron chi connectivity index (χ4n) is 3.43. The van der Waals surface area contributed by atoms with E-state index in [2.05, 4.69) is 111 Å². The Morgan fingerprint density at radius 2 is 1.23 bits per heavy atom. The van der Waals surface area contributed by atoms with Gasteiger partial charge < -0.3 is 4.90 Å². The van der Waals surface area contributed by atoms with Gasteiger partial charge in [0.25, 0.3) is 0 Å². The Balaban J connectivity index is 2.04. The quantitative estimate of drug-likeness (QED) is 0.426. The van der Waals surface area contributed by atoms with Gasteiger partial charge in [-0.15, -0.1) is 0 Å². The summed E-state index contributed by atoms with van der Waals surface area (Å²) >= 11 is 0. The molecular formula is C25H29N. The first-order valence-electron chi connectivity index (χ1n) is 9.62. The maximum absolute atomic E-state index is 2.36. The second kappa shape index (κ2) is 8.23. The summed E-state index contributed by atoms with van der Waals surface area (Å²) in [5, 5.41) is 0. The number of hydrogen-bond donors (Lipinski definition) is 0. The number of benzene rings is 3. The molecule has 3 rings (SSSR count). The van der Waals surface area contributed by atoms with E-state index in [0.717, 1.165) is 0 Å². The molecular weight excluding hydrogens is 314 g/mol. The number of anilines is 3. The molecule has 134 valence electrons. The maximum atomic E-state index is 2.36. The van der Waals surface area contributed by atoms with Gasteiger partial charge in [-0.2, -0.15) is 0 Å². The summed E-state index contributed by atoms with van der Waals surface area (Å²) in [6.07, 6.45) is 3.71. The summed E-state index contributed by atoms with van der Waals surface area (Å²) in [6, 6.07) is 30.2. The molecule has 1 nitrogen and oxygen atoms in total. The van der Waals surface area contributed by atoms with E-state index in [9.17, 15) is 0 Å². The Hall–Kier alpha value is -2.54. The topological polar surface area (TPSA) is 3.24 Å². The lowest BCUT2D eigenvalue weighted by molar-refractivity contribution is 0.458. The van der Waals surface area contributed by atoms with Gasteiger partial charge >= 0.3 is 0 Å². The van der Waals surface area contributed by atoms with Crippen LogP contribution in [-0.2, 0) is 5.41 Å². The smallest absolute Gasteiger partial charge is 0.0464 e. The van der Waals surface area contributed by atoms with Crippen LogP contribution in [0.25, 0.3) is 0 Å². The lowest BCUT2D eigenvalue weighted by atomic mass is 9.80. The molecule has 0 heterocycles. The average Bonchev–Trinajstić information content (AvgIpc) is 2.69. The van der Waals surface area contributed by atoms with Gasteiger partial charge in [0.1, 0.15) is 0 Å². The maximum Gasteiger partial charge on any atom is 0.0464 e. The van der Waals surface area contributed by atoms with Crippen LogP contribution >= 0.6 is 0 Å². The van der Waals surface area contributed by atoms with E-state index >= 15 is 0 Å². The van der Waals surface area contributed by atoms with Crippen molar-refractivity contribution >= 4 is 17.1 Å². The third kappa shape index (κ3) is 4.16. The van der Waals surface area contributed by atoms with Crippen LogP contribution in [0.4, 0.5) is 17.1 Å². The largest absolute Gasteiger partial charge is 0.310 e. The Morgan fingerprint density at radius 1 is 0.692 bits per heavy atom. The second-order valence-electron chi connectivity index (χ2n) is 7.54. The van der Waals surface area contributed by atoms with Crippen molar-refractivity contribution in [1.82, 2.24) is 0 Å². The highest BCUT2D eigenvalue weighted by Gasteiger charge is 2.21. The van der Waals surface area contributed by atoms with E-state index in [0.29, 0.717) is 0 Å². The van der Waals surface area contributed by atoms with Crippen molar-refractivity contribution in [1.29, 1.82) is 0 Å². The fourth-order valence-corrected chi connectivity index (χ4v) is 3.43. The predicted molar refractivity (Wildman–Crippen MR) is 114 cm³/mol. The van der Waals surface area contributed by atoms with Gasteiger partial charge in [0.15, 0.2) is 0 Å². The number of hydrogen-bond acceptors (Lipinski definition) is 1. The minimum atomic E-state index is 0.186. The van der Waals surface area contributed by atoms with Crippen molar-refractivity contribution < 1.29 is 0 Å². The molecule has 0 atom stereocenters. The Kier molecular flexibility index (Phi) is 5.78. The lowest BCUT2D eigenvalue weighted by Gasteiger charge is -2.29. The van der Waals surface area contributed by atoms with Gasteiger partial charge in [0.2, 0.25) is 0 Å². The Morgan fingerprint density at radius 3 is 1.77 bits per heavy atom. The van der Waals surface area contributed by atoms with E-state index in [1.807, 2.05) is 0 Å². The van der Waals surface area contributed by atoms with E-state index in [1.165, 1.54) is 41.9 Å². The van der Waals surface area contributed by atoms with E-state index in [-0.39, 0.29) is 5.41 Å². The molecule has 0 aliphatic rings. The zero-order chi connectivity index (χ0) is 18.4. The first-order chi connectivity index (χ1) is 12.6. The monoisotopic (exact) mass is 343 g/mol.